The van der Waals surface area contributed by atoms with Crippen LogP contribution in [0.25, 0.3) is 0 Å². The molecule has 1 saturated carbocycles. The SMILES string of the molecule is Cc1c(O)ccc(C2CCCCC2)c1O. The van der Waals surface area contributed by atoms with E-state index < -0.39 is 0 Å². The lowest BCUT2D eigenvalue weighted by Gasteiger charge is -2.23. The Morgan fingerprint density at radius 2 is 1.73 bits per heavy atom. The van der Waals surface area contributed by atoms with Crippen LogP contribution in [0.2, 0.25) is 0 Å². The van der Waals surface area contributed by atoms with Gasteiger partial charge < -0.3 is 10.2 Å². The van der Waals surface area contributed by atoms with Crippen molar-refractivity contribution in [1.82, 2.24) is 0 Å². The van der Waals surface area contributed by atoms with E-state index in [9.17, 15) is 10.2 Å². The highest BCUT2D eigenvalue weighted by atomic mass is 16.3. The van der Waals surface area contributed by atoms with Crippen molar-refractivity contribution in [3.05, 3.63) is 23.3 Å². The maximum absolute atomic E-state index is 9.97. The first kappa shape index (κ1) is 10.3. The minimum atomic E-state index is 0.187. The van der Waals surface area contributed by atoms with Crippen LogP contribution in [0, 0.1) is 6.92 Å². The van der Waals surface area contributed by atoms with Crippen LogP contribution < -0.4 is 0 Å². The van der Waals surface area contributed by atoms with Crippen LogP contribution in [0.4, 0.5) is 0 Å². The Kier molecular flexibility index (Phi) is 2.85. The molecule has 0 radical (unpaired) electrons. The highest BCUT2D eigenvalue weighted by molar-refractivity contribution is 5.49. The molecule has 2 nitrogen and oxygen atoms in total. The summed E-state index contributed by atoms with van der Waals surface area (Å²) < 4.78 is 0. The molecule has 1 fully saturated rings. The van der Waals surface area contributed by atoms with Crippen molar-refractivity contribution in [2.45, 2.75) is 44.9 Å². The second kappa shape index (κ2) is 4.13. The van der Waals surface area contributed by atoms with Crippen molar-refractivity contribution in [3.8, 4) is 11.5 Å². The number of hydrogen-bond donors (Lipinski definition) is 2. The number of aromatic hydroxyl groups is 2. The molecule has 15 heavy (non-hydrogen) atoms. The van der Waals surface area contributed by atoms with Gasteiger partial charge in [0, 0.05) is 5.56 Å². The van der Waals surface area contributed by atoms with E-state index in [1.165, 1.54) is 19.3 Å². The number of rotatable bonds is 1. The first-order valence-electron chi connectivity index (χ1n) is 5.71. The van der Waals surface area contributed by atoms with Crippen LogP contribution in [-0.2, 0) is 0 Å². The third-order valence-electron chi connectivity index (χ3n) is 3.48. The molecule has 0 atom stereocenters. The number of hydrogen-bond acceptors (Lipinski definition) is 2. The highest BCUT2D eigenvalue weighted by Gasteiger charge is 2.20. The molecule has 0 bridgehead atoms. The van der Waals surface area contributed by atoms with Gasteiger partial charge in [-0.25, -0.2) is 0 Å². The molecule has 0 aliphatic heterocycles. The molecule has 0 amide bonds. The molecular formula is C13H18O2. The molecule has 2 heteroatoms. The third kappa shape index (κ3) is 1.94. The van der Waals surface area contributed by atoms with Crippen LogP contribution in [0.3, 0.4) is 0 Å². The lowest BCUT2D eigenvalue weighted by molar-refractivity contribution is 0.405. The zero-order chi connectivity index (χ0) is 10.8. The molecule has 0 saturated heterocycles. The van der Waals surface area contributed by atoms with Crippen LogP contribution in [0.5, 0.6) is 11.5 Å². The van der Waals surface area contributed by atoms with Crippen molar-refractivity contribution in [2.75, 3.05) is 0 Å². The van der Waals surface area contributed by atoms with Crippen molar-refractivity contribution in [1.29, 1.82) is 0 Å². The maximum Gasteiger partial charge on any atom is 0.125 e. The standard InChI is InChI=1S/C13H18O2/c1-9-12(14)8-7-11(13(9)15)10-5-3-2-4-6-10/h7-8,10,14-15H,2-6H2,1H3. The fraction of sp³-hybridized carbons (Fsp3) is 0.538. The van der Waals surface area contributed by atoms with Crippen molar-refractivity contribution in [3.63, 3.8) is 0 Å². The quantitative estimate of drug-likeness (QED) is 0.738. The van der Waals surface area contributed by atoms with E-state index in [-0.39, 0.29) is 5.75 Å². The summed E-state index contributed by atoms with van der Waals surface area (Å²) in [5.41, 5.74) is 1.63. The van der Waals surface area contributed by atoms with Gasteiger partial charge >= 0.3 is 0 Å². The Hall–Kier alpha value is -1.18. The molecule has 0 heterocycles. The molecule has 1 aromatic carbocycles. The minimum Gasteiger partial charge on any atom is -0.508 e. The van der Waals surface area contributed by atoms with E-state index in [0.29, 0.717) is 17.2 Å². The maximum atomic E-state index is 9.97. The monoisotopic (exact) mass is 206 g/mol. The van der Waals surface area contributed by atoms with Gasteiger partial charge in [-0.2, -0.15) is 0 Å². The zero-order valence-corrected chi connectivity index (χ0v) is 9.16. The average molecular weight is 206 g/mol. The van der Waals surface area contributed by atoms with Gasteiger partial charge in [0.2, 0.25) is 0 Å². The molecule has 0 spiro atoms. The second-order valence-electron chi connectivity index (χ2n) is 4.48. The van der Waals surface area contributed by atoms with E-state index in [1.807, 2.05) is 6.07 Å². The zero-order valence-electron chi connectivity index (χ0n) is 9.16. The summed E-state index contributed by atoms with van der Waals surface area (Å²) in [6.45, 7) is 1.76. The predicted octanol–water partition coefficient (Wildman–Crippen LogP) is 3.45. The Morgan fingerprint density at radius 1 is 1.07 bits per heavy atom. The highest BCUT2D eigenvalue weighted by Crippen LogP contribution is 2.40. The normalized spacial score (nSPS) is 17.9. The summed E-state index contributed by atoms with van der Waals surface area (Å²) in [7, 11) is 0. The second-order valence-corrected chi connectivity index (χ2v) is 4.48. The Balaban J connectivity index is 2.31. The van der Waals surface area contributed by atoms with Gasteiger partial charge in [0.1, 0.15) is 11.5 Å². The molecule has 1 aliphatic carbocycles. The summed E-state index contributed by atoms with van der Waals surface area (Å²) in [4.78, 5) is 0. The Morgan fingerprint density at radius 3 is 2.40 bits per heavy atom. The van der Waals surface area contributed by atoms with E-state index >= 15 is 0 Å². The summed E-state index contributed by atoms with van der Waals surface area (Å²) >= 11 is 0. The van der Waals surface area contributed by atoms with Gasteiger partial charge in [0.05, 0.1) is 0 Å². The van der Waals surface area contributed by atoms with Gasteiger partial charge in [-0.3, -0.25) is 0 Å². The lowest BCUT2D eigenvalue weighted by atomic mass is 9.83. The van der Waals surface area contributed by atoms with Gasteiger partial charge in [-0.15, -0.1) is 0 Å². The van der Waals surface area contributed by atoms with E-state index in [2.05, 4.69) is 0 Å². The lowest BCUT2D eigenvalue weighted by Crippen LogP contribution is -2.05. The van der Waals surface area contributed by atoms with E-state index in [1.54, 1.807) is 13.0 Å². The number of phenols is 2. The average Bonchev–Trinajstić information content (AvgIpc) is 2.27. The topological polar surface area (TPSA) is 40.5 Å². The number of phenolic OH excluding ortho intramolecular Hbond substituents is 2. The fourth-order valence-electron chi connectivity index (χ4n) is 2.45. The largest absolute Gasteiger partial charge is 0.508 e. The Labute approximate surface area is 90.6 Å². The number of benzene rings is 1. The summed E-state index contributed by atoms with van der Waals surface area (Å²) in [5.74, 6) is 0.965. The van der Waals surface area contributed by atoms with Gasteiger partial charge in [0.15, 0.2) is 0 Å². The van der Waals surface area contributed by atoms with Crippen LogP contribution in [0.1, 0.15) is 49.1 Å². The van der Waals surface area contributed by atoms with Gasteiger partial charge in [-0.05, 0) is 37.3 Å². The smallest absolute Gasteiger partial charge is 0.125 e. The van der Waals surface area contributed by atoms with Gasteiger partial charge in [0.25, 0.3) is 0 Å². The van der Waals surface area contributed by atoms with Crippen molar-refractivity contribution < 1.29 is 10.2 Å². The molecule has 2 rings (SSSR count). The molecular weight excluding hydrogens is 188 g/mol. The van der Waals surface area contributed by atoms with E-state index in [0.717, 1.165) is 18.4 Å². The predicted molar refractivity (Wildman–Crippen MR) is 60.3 cm³/mol. The molecule has 1 aromatic rings. The first-order chi connectivity index (χ1) is 7.20. The third-order valence-corrected chi connectivity index (χ3v) is 3.48. The molecule has 2 N–H and O–H groups in total. The first-order valence-corrected chi connectivity index (χ1v) is 5.71. The molecule has 0 aromatic heterocycles. The van der Waals surface area contributed by atoms with Crippen LogP contribution in [0.15, 0.2) is 12.1 Å². The van der Waals surface area contributed by atoms with Gasteiger partial charge in [-0.1, -0.05) is 25.3 Å². The van der Waals surface area contributed by atoms with Crippen molar-refractivity contribution >= 4 is 0 Å². The summed E-state index contributed by atoms with van der Waals surface area (Å²) in [6.07, 6.45) is 6.15. The summed E-state index contributed by atoms with van der Waals surface area (Å²) in [6, 6.07) is 3.56. The molecule has 0 unspecified atom stereocenters. The van der Waals surface area contributed by atoms with E-state index in [4.69, 9.17) is 0 Å². The fourth-order valence-corrected chi connectivity index (χ4v) is 2.45. The molecule has 82 valence electrons. The summed E-state index contributed by atoms with van der Waals surface area (Å²) in [5, 5.41) is 19.4. The Bertz CT molecular complexity index is 352. The van der Waals surface area contributed by atoms with Crippen molar-refractivity contribution in [2.24, 2.45) is 0 Å². The minimum absolute atomic E-state index is 0.187. The van der Waals surface area contributed by atoms with Crippen LogP contribution >= 0.6 is 0 Å². The van der Waals surface area contributed by atoms with Crippen LogP contribution in [-0.4, -0.2) is 10.2 Å². The molecule has 1 aliphatic rings.